The van der Waals surface area contributed by atoms with Crippen molar-refractivity contribution in [2.75, 3.05) is 0 Å². The Bertz CT molecular complexity index is 579. The molecule has 0 spiro atoms. The molecule has 92 valence electrons. The zero-order valence-electron chi connectivity index (χ0n) is 9.39. The Balaban J connectivity index is 1.85. The van der Waals surface area contributed by atoms with Crippen LogP contribution in [0, 0.1) is 0 Å². The van der Waals surface area contributed by atoms with Crippen molar-refractivity contribution in [1.82, 2.24) is 15.5 Å². The monoisotopic (exact) mass is 263 g/mol. The van der Waals surface area contributed by atoms with Gasteiger partial charge in [-0.1, -0.05) is 16.8 Å². The molecular weight excluding hydrogens is 254 g/mol. The topological polar surface area (TPSA) is 68.0 Å². The van der Waals surface area contributed by atoms with Crippen LogP contribution >= 0.6 is 11.6 Å². The highest BCUT2D eigenvalue weighted by Gasteiger charge is 2.27. The van der Waals surface area contributed by atoms with E-state index in [1.165, 1.54) is 0 Å². The summed E-state index contributed by atoms with van der Waals surface area (Å²) in [5, 5.41) is 7.35. The van der Waals surface area contributed by atoms with Gasteiger partial charge < -0.3 is 9.84 Å². The number of hydrogen-bond acceptors (Lipinski definition) is 4. The molecule has 1 aliphatic heterocycles. The smallest absolute Gasteiger partial charge is 0.249 e. The zero-order chi connectivity index (χ0) is 12.5. The molecule has 2 aromatic rings. The van der Waals surface area contributed by atoms with Gasteiger partial charge in [0.25, 0.3) is 0 Å². The molecule has 0 bridgehead atoms. The van der Waals surface area contributed by atoms with Crippen LogP contribution < -0.4 is 5.32 Å². The van der Waals surface area contributed by atoms with E-state index in [1.807, 2.05) is 12.1 Å². The van der Waals surface area contributed by atoms with Crippen molar-refractivity contribution in [2.45, 2.75) is 18.9 Å². The van der Waals surface area contributed by atoms with Crippen molar-refractivity contribution in [3.05, 3.63) is 35.2 Å². The van der Waals surface area contributed by atoms with Gasteiger partial charge in [-0.15, -0.1) is 0 Å². The second-order valence-electron chi connectivity index (χ2n) is 4.12. The molecule has 1 aromatic carbocycles. The van der Waals surface area contributed by atoms with E-state index >= 15 is 0 Å². The summed E-state index contributed by atoms with van der Waals surface area (Å²) in [6.45, 7) is 0. The predicted octanol–water partition coefficient (Wildman–Crippen LogP) is 2.34. The minimum absolute atomic E-state index is 0.0197. The van der Waals surface area contributed by atoms with E-state index in [2.05, 4.69) is 15.5 Å². The first kappa shape index (κ1) is 11.2. The molecular formula is C12H10ClN3O2. The normalized spacial score (nSPS) is 18.9. The molecule has 1 aromatic heterocycles. The molecule has 1 aliphatic rings. The molecule has 0 saturated carbocycles. The van der Waals surface area contributed by atoms with Crippen LogP contribution in [-0.2, 0) is 4.79 Å². The number of nitrogens with zero attached hydrogens (tertiary/aromatic N) is 2. The number of amides is 1. The highest BCUT2D eigenvalue weighted by Crippen LogP contribution is 2.25. The Morgan fingerprint density at radius 1 is 1.33 bits per heavy atom. The summed E-state index contributed by atoms with van der Waals surface area (Å²) in [4.78, 5) is 15.4. The molecule has 5 nitrogen and oxygen atoms in total. The van der Waals surface area contributed by atoms with Gasteiger partial charge in [-0.05, 0) is 30.7 Å². The minimum atomic E-state index is -0.161. The van der Waals surface area contributed by atoms with Gasteiger partial charge in [0.2, 0.25) is 17.6 Å². The highest BCUT2D eigenvalue weighted by molar-refractivity contribution is 6.30. The first-order valence-electron chi connectivity index (χ1n) is 5.61. The molecule has 6 heteroatoms. The van der Waals surface area contributed by atoms with Crippen molar-refractivity contribution in [3.8, 4) is 11.4 Å². The van der Waals surface area contributed by atoms with E-state index in [9.17, 15) is 4.79 Å². The summed E-state index contributed by atoms with van der Waals surface area (Å²) < 4.78 is 5.17. The third-order valence-corrected chi connectivity index (χ3v) is 3.09. The third kappa shape index (κ3) is 2.09. The van der Waals surface area contributed by atoms with Crippen molar-refractivity contribution >= 4 is 17.5 Å². The third-order valence-electron chi connectivity index (χ3n) is 2.84. The number of carbonyl (C=O) groups excluding carboxylic acids is 1. The molecule has 18 heavy (non-hydrogen) atoms. The molecule has 0 aliphatic carbocycles. The number of carbonyl (C=O) groups is 1. The predicted molar refractivity (Wildman–Crippen MR) is 64.9 cm³/mol. The zero-order valence-corrected chi connectivity index (χ0v) is 10.1. The molecule has 1 saturated heterocycles. The van der Waals surface area contributed by atoms with Crippen LogP contribution in [0.2, 0.25) is 5.02 Å². The molecule has 1 N–H and O–H groups in total. The summed E-state index contributed by atoms with van der Waals surface area (Å²) in [6.07, 6.45) is 1.20. The summed E-state index contributed by atoms with van der Waals surface area (Å²) in [7, 11) is 0. The molecule has 0 radical (unpaired) electrons. The lowest BCUT2D eigenvalue weighted by molar-refractivity contribution is -0.119. The lowest BCUT2D eigenvalue weighted by Crippen LogP contribution is -2.18. The quantitative estimate of drug-likeness (QED) is 0.903. The average Bonchev–Trinajstić information content (AvgIpc) is 2.98. The van der Waals surface area contributed by atoms with E-state index in [0.29, 0.717) is 29.6 Å². The van der Waals surface area contributed by atoms with Gasteiger partial charge in [-0.2, -0.15) is 4.98 Å². The van der Waals surface area contributed by atoms with Crippen LogP contribution in [0.4, 0.5) is 0 Å². The van der Waals surface area contributed by atoms with E-state index < -0.39 is 0 Å². The number of aromatic nitrogens is 2. The van der Waals surface area contributed by atoms with Crippen molar-refractivity contribution in [3.63, 3.8) is 0 Å². The number of halogens is 1. The van der Waals surface area contributed by atoms with E-state index in [-0.39, 0.29) is 11.9 Å². The Hall–Kier alpha value is -1.88. The van der Waals surface area contributed by atoms with Crippen molar-refractivity contribution in [1.29, 1.82) is 0 Å². The van der Waals surface area contributed by atoms with Crippen LogP contribution in [0.1, 0.15) is 24.8 Å². The van der Waals surface area contributed by atoms with Gasteiger partial charge in [0.05, 0.1) is 0 Å². The second-order valence-corrected chi connectivity index (χ2v) is 4.56. The van der Waals surface area contributed by atoms with Crippen molar-refractivity contribution in [2.24, 2.45) is 0 Å². The standard InChI is InChI=1S/C12H10ClN3O2/c13-8-3-1-7(2-4-8)11-15-12(18-16-11)9-5-6-10(17)14-9/h1-4,9H,5-6H2,(H,14,17). The van der Waals surface area contributed by atoms with Crippen LogP contribution in [0.5, 0.6) is 0 Å². The molecule has 1 atom stereocenters. The summed E-state index contributed by atoms with van der Waals surface area (Å²) in [5.41, 5.74) is 0.832. The van der Waals surface area contributed by atoms with Gasteiger partial charge in [0, 0.05) is 17.0 Å². The Morgan fingerprint density at radius 3 is 2.78 bits per heavy atom. The van der Waals surface area contributed by atoms with Crippen LogP contribution in [0.25, 0.3) is 11.4 Å². The Kier molecular flexibility index (Phi) is 2.76. The van der Waals surface area contributed by atoms with E-state index in [1.54, 1.807) is 12.1 Å². The largest absolute Gasteiger partial charge is 0.344 e. The lowest BCUT2D eigenvalue weighted by atomic mass is 10.2. The number of benzene rings is 1. The fourth-order valence-electron chi connectivity index (χ4n) is 1.89. The molecule has 1 amide bonds. The maximum atomic E-state index is 11.1. The minimum Gasteiger partial charge on any atom is -0.344 e. The first-order valence-corrected chi connectivity index (χ1v) is 5.99. The fraction of sp³-hybridized carbons (Fsp3) is 0.250. The van der Waals surface area contributed by atoms with Gasteiger partial charge >= 0.3 is 0 Å². The molecule has 2 heterocycles. The van der Waals surface area contributed by atoms with Crippen molar-refractivity contribution < 1.29 is 9.32 Å². The number of nitrogens with one attached hydrogen (secondary N) is 1. The van der Waals surface area contributed by atoms with Gasteiger partial charge in [-0.3, -0.25) is 4.79 Å². The maximum Gasteiger partial charge on any atom is 0.249 e. The van der Waals surface area contributed by atoms with E-state index in [4.69, 9.17) is 16.1 Å². The number of hydrogen-bond donors (Lipinski definition) is 1. The second kappa shape index (κ2) is 4.42. The van der Waals surface area contributed by atoms with Gasteiger partial charge in [0.1, 0.15) is 6.04 Å². The fourth-order valence-corrected chi connectivity index (χ4v) is 2.02. The SMILES string of the molecule is O=C1CCC(c2nc(-c3ccc(Cl)cc3)no2)N1. The molecule has 3 rings (SSSR count). The summed E-state index contributed by atoms with van der Waals surface area (Å²) in [5.74, 6) is 0.972. The Morgan fingerprint density at radius 2 is 2.11 bits per heavy atom. The Labute approximate surface area is 108 Å². The van der Waals surface area contributed by atoms with Gasteiger partial charge in [0.15, 0.2) is 0 Å². The summed E-state index contributed by atoms with van der Waals surface area (Å²) >= 11 is 5.81. The molecule has 1 fully saturated rings. The molecule has 1 unspecified atom stereocenters. The van der Waals surface area contributed by atoms with Crippen LogP contribution in [-0.4, -0.2) is 16.0 Å². The first-order chi connectivity index (χ1) is 8.72. The van der Waals surface area contributed by atoms with Gasteiger partial charge in [-0.25, -0.2) is 0 Å². The maximum absolute atomic E-state index is 11.1. The summed E-state index contributed by atoms with van der Waals surface area (Å²) in [6, 6.07) is 7.02. The van der Waals surface area contributed by atoms with E-state index in [0.717, 1.165) is 5.56 Å². The van der Waals surface area contributed by atoms with Crippen LogP contribution in [0.15, 0.2) is 28.8 Å². The lowest BCUT2D eigenvalue weighted by Gasteiger charge is -2.01. The average molecular weight is 264 g/mol. The number of rotatable bonds is 2. The highest BCUT2D eigenvalue weighted by atomic mass is 35.5. The van der Waals surface area contributed by atoms with Crippen LogP contribution in [0.3, 0.4) is 0 Å².